The van der Waals surface area contributed by atoms with E-state index in [-0.39, 0.29) is 11.7 Å². The third-order valence-electron chi connectivity index (χ3n) is 3.90. The van der Waals surface area contributed by atoms with Crippen LogP contribution < -0.4 is 5.32 Å². The predicted octanol–water partition coefficient (Wildman–Crippen LogP) is 2.50. The Morgan fingerprint density at radius 1 is 1.39 bits per heavy atom. The Morgan fingerprint density at radius 3 is 2.74 bits per heavy atom. The molecule has 1 amide bonds. The second kappa shape index (κ2) is 6.50. The van der Waals surface area contributed by atoms with Crippen molar-refractivity contribution >= 4 is 5.91 Å². The maximum absolute atomic E-state index is 13.0. The number of aromatic nitrogens is 1. The number of amides is 1. The number of carbonyl (C=O) groups excluding carboxylic acids is 1. The maximum atomic E-state index is 13.0. The number of hydrogen-bond donors (Lipinski definition) is 1. The van der Waals surface area contributed by atoms with Gasteiger partial charge in [-0.25, -0.2) is 4.39 Å². The van der Waals surface area contributed by atoms with Gasteiger partial charge in [0, 0.05) is 23.7 Å². The van der Waals surface area contributed by atoms with Crippen molar-refractivity contribution < 1.29 is 13.7 Å². The molecule has 1 aromatic carbocycles. The first-order valence-corrected chi connectivity index (χ1v) is 7.72. The average Bonchev–Trinajstić information content (AvgIpc) is 3.24. The zero-order valence-electron chi connectivity index (χ0n) is 13.3. The van der Waals surface area contributed by atoms with Crippen LogP contribution in [0.4, 0.5) is 4.39 Å². The van der Waals surface area contributed by atoms with Gasteiger partial charge < -0.3 is 9.84 Å². The Morgan fingerprint density at radius 2 is 2.09 bits per heavy atom. The fourth-order valence-corrected chi connectivity index (χ4v) is 2.44. The van der Waals surface area contributed by atoms with Crippen LogP contribution in [0.5, 0.6) is 0 Å². The van der Waals surface area contributed by atoms with Gasteiger partial charge in [-0.1, -0.05) is 5.16 Å². The van der Waals surface area contributed by atoms with Crippen molar-refractivity contribution in [3.05, 3.63) is 41.3 Å². The lowest BCUT2D eigenvalue weighted by Crippen LogP contribution is -2.36. The van der Waals surface area contributed by atoms with E-state index < -0.39 is 0 Å². The van der Waals surface area contributed by atoms with Crippen molar-refractivity contribution in [2.24, 2.45) is 0 Å². The minimum Gasteiger partial charge on any atom is -0.356 e. The molecular weight excluding hydrogens is 297 g/mol. The normalized spacial score (nSPS) is 14.3. The SMILES string of the molecule is Cc1c(CN(C)CC(=O)NC2CC2)noc1-c1ccc(F)cc1. The van der Waals surface area contributed by atoms with Gasteiger partial charge in [-0.05, 0) is 51.1 Å². The Bertz CT molecular complexity index is 692. The van der Waals surface area contributed by atoms with Gasteiger partial charge in [-0.2, -0.15) is 0 Å². The molecule has 0 unspecified atom stereocenters. The average molecular weight is 317 g/mol. The molecule has 5 nitrogen and oxygen atoms in total. The molecule has 0 atom stereocenters. The first-order chi connectivity index (χ1) is 11.0. The Balaban J connectivity index is 1.64. The second-order valence-corrected chi connectivity index (χ2v) is 6.10. The summed E-state index contributed by atoms with van der Waals surface area (Å²) in [6.45, 7) is 2.77. The van der Waals surface area contributed by atoms with Crippen molar-refractivity contribution in [2.75, 3.05) is 13.6 Å². The van der Waals surface area contributed by atoms with E-state index >= 15 is 0 Å². The molecule has 1 heterocycles. The van der Waals surface area contributed by atoms with E-state index in [1.165, 1.54) is 12.1 Å². The molecular formula is C17H20FN3O2. The van der Waals surface area contributed by atoms with Gasteiger partial charge in [0.1, 0.15) is 11.5 Å². The minimum atomic E-state index is -0.285. The third-order valence-corrected chi connectivity index (χ3v) is 3.90. The molecule has 1 fully saturated rings. The smallest absolute Gasteiger partial charge is 0.234 e. The highest BCUT2D eigenvalue weighted by Crippen LogP contribution is 2.26. The molecule has 1 aliphatic carbocycles. The summed E-state index contributed by atoms with van der Waals surface area (Å²) in [6, 6.07) is 6.49. The fraction of sp³-hybridized carbons (Fsp3) is 0.412. The van der Waals surface area contributed by atoms with Gasteiger partial charge in [0.05, 0.1) is 6.54 Å². The second-order valence-electron chi connectivity index (χ2n) is 6.10. The zero-order valence-corrected chi connectivity index (χ0v) is 13.3. The van der Waals surface area contributed by atoms with Gasteiger partial charge in [0.2, 0.25) is 5.91 Å². The maximum Gasteiger partial charge on any atom is 0.234 e. The number of rotatable bonds is 6. The van der Waals surface area contributed by atoms with Crippen LogP contribution in [0.2, 0.25) is 0 Å². The summed E-state index contributed by atoms with van der Waals surface area (Å²) in [4.78, 5) is 13.7. The molecule has 6 heteroatoms. The lowest BCUT2D eigenvalue weighted by atomic mass is 10.1. The summed E-state index contributed by atoms with van der Waals surface area (Å²) < 4.78 is 18.4. The summed E-state index contributed by atoms with van der Waals surface area (Å²) in [5.74, 6) is 0.387. The van der Waals surface area contributed by atoms with Crippen molar-refractivity contribution in [1.82, 2.24) is 15.4 Å². The highest BCUT2D eigenvalue weighted by atomic mass is 19.1. The van der Waals surface area contributed by atoms with Crippen LogP contribution in [0, 0.1) is 12.7 Å². The third kappa shape index (κ3) is 3.96. The molecule has 1 saturated carbocycles. The number of carbonyl (C=O) groups is 1. The summed E-state index contributed by atoms with van der Waals surface area (Å²) >= 11 is 0. The van der Waals surface area contributed by atoms with E-state index in [1.807, 2.05) is 18.9 Å². The van der Waals surface area contributed by atoms with Crippen molar-refractivity contribution in [3.8, 4) is 11.3 Å². The molecule has 122 valence electrons. The first kappa shape index (κ1) is 15.7. The van der Waals surface area contributed by atoms with E-state index in [9.17, 15) is 9.18 Å². The van der Waals surface area contributed by atoms with E-state index in [4.69, 9.17) is 4.52 Å². The van der Waals surface area contributed by atoms with E-state index in [0.29, 0.717) is 24.9 Å². The molecule has 0 saturated heterocycles. The van der Waals surface area contributed by atoms with Crippen LogP contribution >= 0.6 is 0 Å². The lowest BCUT2D eigenvalue weighted by Gasteiger charge is -2.14. The molecule has 1 aliphatic rings. The van der Waals surface area contributed by atoms with E-state index in [1.54, 1.807) is 12.1 Å². The largest absolute Gasteiger partial charge is 0.356 e. The molecule has 0 aliphatic heterocycles. The number of nitrogens with one attached hydrogen (secondary N) is 1. The highest BCUT2D eigenvalue weighted by molar-refractivity contribution is 5.78. The van der Waals surface area contributed by atoms with Crippen LogP contribution in [0.1, 0.15) is 24.1 Å². The summed E-state index contributed by atoms with van der Waals surface area (Å²) in [5.41, 5.74) is 2.48. The molecule has 1 N–H and O–H groups in total. The molecule has 0 bridgehead atoms. The van der Waals surface area contributed by atoms with Crippen LogP contribution in [0.3, 0.4) is 0 Å². The topological polar surface area (TPSA) is 58.4 Å². The van der Waals surface area contributed by atoms with Crippen molar-refractivity contribution in [2.45, 2.75) is 32.4 Å². The van der Waals surface area contributed by atoms with Crippen LogP contribution in [-0.2, 0) is 11.3 Å². The van der Waals surface area contributed by atoms with Gasteiger partial charge >= 0.3 is 0 Å². The van der Waals surface area contributed by atoms with Crippen molar-refractivity contribution in [3.63, 3.8) is 0 Å². The van der Waals surface area contributed by atoms with Gasteiger partial charge in [0.15, 0.2) is 5.76 Å². The zero-order chi connectivity index (χ0) is 16.4. The first-order valence-electron chi connectivity index (χ1n) is 7.72. The number of nitrogens with zero attached hydrogens (tertiary/aromatic N) is 2. The molecule has 0 spiro atoms. The predicted molar refractivity (Wildman–Crippen MR) is 84.1 cm³/mol. The molecule has 0 radical (unpaired) electrons. The molecule has 2 aromatic rings. The van der Waals surface area contributed by atoms with Gasteiger partial charge in [-0.15, -0.1) is 0 Å². The van der Waals surface area contributed by atoms with Crippen LogP contribution in [0.15, 0.2) is 28.8 Å². The number of likely N-dealkylation sites (N-methyl/N-ethyl adjacent to an activating group) is 1. The quantitative estimate of drug-likeness (QED) is 0.889. The Labute approximate surface area is 134 Å². The minimum absolute atomic E-state index is 0.0370. The number of halogens is 1. The van der Waals surface area contributed by atoms with Gasteiger partial charge in [-0.3, -0.25) is 9.69 Å². The Kier molecular flexibility index (Phi) is 4.43. The summed E-state index contributed by atoms with van der Waals surface area (Å²) in [5, 5.41) is 7.05. The molecule has 1 aromatic heterocycles. The number of benzene rings is 1. The lowest BCUT2D eigenvalue weighted by molar-refractivity contribution is -0.122. The van der Waals surface area contributed by atoms with Crippen LogP contribution in [-0.4, -0.2) is 35.6 Å². The summed E-state index contributed by atoms with van der Waals surface area (Å²) in [7, 11) is 1.87. The summed E-state index contributed by atoms with van der Waals surface area (Å²) in [6.07, 6.45) is 2.16. The van der Waals surface area contributed by atoms with Crippen molar-refractivity contribution in [1.29, 1.82) is 0 Å². The number of hydrogen-bond acceptors (Lipinski definition) is 4. The molecule has 3 rings (SSSR count). The van der Waals surface area contributed by atoms with Crippen LogP contribution in [0.25, 0.3) is 11.3 Å². The van der Waals surface area contributed by atoms with E-state index in [2.05, 4.69) is 10.5 Å². The Hall–Kier alpha value is -2.21. The highest BCUT2D eigenvalue weighted by Gasteiger charge is 2.24. The van der Waals surface area contributed by atoms with Gasteiger partial charge in [0.25, 0.3) is 0 Å². The monoisotopic (exact) mass is 317 g/mol. The fourth-order valence-electron chi connectivity index (χ4n) is 2.44. The standard InChI is InChI=1S/C17H20FN3O2/c1-11-15(9-21(2)10-16(22)19-14-7-8-14)20-23-17(11)12-3-5-13(18)6-4-12/h3-6,14H,7-10H2,1-2H3,(H,19,22). The van der Waals surface area contributed by atoms with E-state index in [0.717, 1.165) is 29.7 Å². The molecule has 23 heavy (non-hydrogen) atoms.